The molecule has 5 rings (SSSR count). The summed E-state index contributed by atoms with van der Waals surface area (Å²) >= 11 is 1.70. The highest BCUT2D eigenvalue weighted by atomic mass is 35.5. The Morgan fingerprint density at radius 3 is 2.08 bits per heavy atom. The molecule has 3 heterocycles. The molecular weight excluding hydrogens is 500 g/mol. The molecule has 8 heteroatoms. The van der Waals surface area contributed by atoms with Crippen LogP contribution in [0.2, 0.25) is 0 Å². The molecule has 3 aromatic heterocycles. The highest BCUT2D eigenvalue weighted by Crippen LogP contribution is 2.26. The normalized spacial score (nSPS) is 11.8. The first-order valence-corrected chi connectivity index (χ1v) is 13.5. The molecule has 0 bridgehead atoms. The van der Waals surface area contributed by atoms with E-state index in [4.69, 9.17) is 4.99 Å². The van der Waals surface area contributed by atoms with Gasteiger partial charge in [-0.2, -0.15) is 0 Å². The third-order valence-corrected chi connectivity index (χ3v) is 7.32. The molecule has 0 radical (unpaired) electrons. The summed E-state index contributed by atoms with van der Waals surface area (Å²) in [6, 6.07) is 21.6. The van der Waals surface area contributed by atoms with Crippen LogP contribution in [0.25, 0.3) is 21.8 Å². The average Bonchev–Trinajstić information content (AvgIpc) is 3.65. The second kappa shape index (κ2) is 12.9. The molecule has 0 aliphatic heterocycles. The second-order valence-corrected chi connectivity index (χ2v) is 9.96. The molecule has 0 atom stereocenters. The van der Waals surface area contributed by atoms with Gasteiger partial charge in [0.05, 0.1) is 21.6 Å². The molecule has 37 heavy (non-hydrogen) atoms. The van der Waals surface area contributed by atoms with Crippen molar-refractivity contribution in [1.82, 2.24) is 19.8 Å². The number of benzene rings is 2. The van der Waals surface area contributed by atoms with Gasteiger partial charge >= 0.3 is 0 Å². The summed E-state index contributed by atoms with van der Waals surface area (Å²) in [6.07, 6.45) is 6.54. The largest absolute Gasteiger partial charge is 0.347 e. The van der Waals surface area contributed by atoms with E-state index in [0.717, 1.165) is 61.1 Å². The van der Waals surface area contributed by atoms with Gasteiger partial charge in [-0.1, -0.05) is 18.2 Å². The summed E-state index contributed by atoms with van der Waals surface area (Å²) in [5.41, 5.74) is 4.45. The fourth-order valence-electron chi connectivity index (χ4n) is 4.57. The number of aryl methyl sites for hydroxylation is 2. The van der Waals surface area contributed by atoms with Crippen LogP contribution in [0.3, 0.4) is 0 Å². The first kappa shape index (κ1) is 26.9. The summed E-state index contributed by atoms with van der Waals surface area (Å²) in [6.45, 7) is 4.00. The monoisotopic (exact) mass is 534 g/mol. The lowest BCUT2D eigenvalue weighted by Crippen LogP contribution is -2.12. The number of aliphatic imine (C=N–C) groups is 1. The SMILES string of the molecule is CNCCCn1ccc2ccc(N=C(Nc3ccc4ccn(CCCNC)c4c3)c3cccs3)cc21.Cl. The number of nitrogens with one attached hydrogen (secondary N) is 3. The molecule has 194 valence electrons. The van der Waals surface area contributed by atoms with Gasteiger partial charge in [0.15, 0.2) is 0 Å². The van der Waals surface area contributed by atoms with Crippen molar-refractivity contribution in [1.29, 1.82) is 0 Å². The van der Waals surface area contributed by atoms with Gasteiger partial charge < -0.3 is 25.1 Å². The van der Waals surface area contributed by atoms with Crippen molar-refractivity contribution >= 4 is 62.8 Å². The minimum absolute atomic E-state index is 0. The lowest BCUT2D eigenvalue weighted by Gasteiger charge is -2.11. The number of aromatic nitrogens is 2. The molecule has 0 aliphatic carbocycles. The van der Waals surface area contributed by atoms with Crippen LogP contribution in [0.5, 0.6) is 0 Å². The first-order chi connectivity index (χ1) is 17.7. The van der Waals surface area contributed by atoms with Crippen LogP contribution in [-0.2, 0) is 13.1 Å². The van der Waals surface area contributed by atoms with Gasteiger partial charge in [0.2, 0.25) is 0 Å². The Bertz CT molecular complexity index is 1450. The van der Waals surface area contributed by atoms with E-state index in [2.05, 4.69) is 104 Å². The topological polar surface area (TPSA) is 58.3 Å². The molecule has 5 aromatic rings. The van der Waals surface area contributed by atoms with Crippen LogP contribution in [0.15, 0.2) is 83.4 Å². The van der Waals surface area contributed by atoms with Crippen molar-refractivity contribution in [3.8, 4) is 0 Å². The number of hydrogen-bond acceptors (Lipinski definition) is 4. The summed E-state index contributed by atoms with van der Waals surface area (Å²) in [5, 5.41) is 14.7. The van der Waals surface area contributed by atoms with E-state index in [1.165, 1.54) is 21.8 Å². The van der Waals surface area contributed by atoms with Crippen LogP contribution in [0.4, 0.5) is 11.4 Å². The highest BCUT2D eigenvalue weighted by Gasteiger charge is 2.10. The van der Waals surface area contributed by atoms with E-state index in [0.29, 0.717) is 0 Å². The molecule has 0 unspecified atom stereocenters. The highest BCUT2D eigenvalue weighted by molar-refractivity contribution is 7.12. The van der Waals surface area contributed by atoms with Gasteiger partial charge in [0, 0.05) is 31.2 Å². The lowest BCUT2D eigenvalue weighted by molar-refractivity contribution is 0.627. The number of fused-ring (bicyclic) bond motifs is 2. The maximum atomic E-state index is 5.09. The van der Waals surface area contributed by atoms with Crippen molar-refractivity contribution in [2.75, 3.05) is 32.5 Å². The van der Waals surface area contributed by atoms with Crippen molar-refractivity contribution < 1.29 is 0 Å². The summed E-state index contributed by atoms with van der Waals surface area (Å²) < 4.78 is 4.65. The number of anilines is 1. The molecular formula is C29H35ClN6S. The number of halogens is 1. The van der Waals surface area contributed by atoms with Crippen LogP contribution >= 0.6 is 23.7 Å². The van der Waals surface area contributed by atoms with Crippen LogP contribution in [0.1, 0.15) is 17.7 Å². The number of nitrogens with zero attached hydrogens (tertiary/aromatic N) is 3. The molecule has 0 aliphatic rings. The van der Waals surface area contributed by atoms with Gasteiger partial charge in [0.1, 0.15) is 5.84 Å². The molecule has 6 nitrogen and oxygen atoms in total. The zero-order valence-corrected chi connectivity index (χ0v) is 23.0. The fourth-order valence-corrected chi connectivity index (χ4v) is 5.24. The second-order valence-electron chi connectivity index (χ2n) is 9.01. The Morgan fingerprint density at radius 2 is 1.46 bits per heavy atom. The molecule has 0 spiro atoms. The van der Waals surface area contributed by atoms with Crippen molar-refractivity contribution in [3.63, 3.8) is 0 Å². The molecule has 0 saturated carbocycles. The molecule has 0 amide bonds. The van der Waals surface area contributed by atoms with Crippen LogP contribution < -0.4 is 16.0 Å². The summed E-state index contributed by atoms with van der Waals surface area (Å²) in [5.74, 6) is 0.866. The van der Waals surface area contributed by atoms with Crippen LogP contribution in [0, 0.1) is 0 Å². The summed E-state index contributed by atoms with van der Waals surface area (Å²) in [4.78, 5) is 6.20. The van der Waals surface area contributed by atoms with E-state index < -0.39 is 0 Å². The van der Waals surface area contributed by atoms with E-state index in [-0.39, 0.29) is 12.4 Å². The molecule has 0 saturated heterocycles. The molecule has 3 N–H and O–H groups in total. The quantitative estimate of drug-likeness (QED) is 0.103. The Balaban J connectivity index is 0.00000320. The average molecular weight is 535 g/mol. The minimum Gasteiger partial charge on any atom is -0.347 e. The predicted molar refractivity (Wildman–Crippen MR) is 162 cm³/mol. The van der Waals surface area contributed by atoms with Crippen molar-refractivity contribution in [2.24, 2.45) is 4.99 Å². The zero-order valence-electron chi connectivity index (χ0n) is 21.4. The third-order valence-electron chi connectivity index (χ3n) is 6.44. The standard InChI is InChI=1S/C29H34N6S.ClH/c1-30-13-4-15-34-17-11-22-7-9-24(20-26(22)34)32-29(28-6-3-19-36-28)33-25-10-8-23-12-18-35(27(23)21-25)16-5-14-31-2;/h3,6-12,17-21,30-31H,4-5,13-16H2,1-2H3,(H,32,33);1H. The molecule has 2 aromatic carbocycles. The van der Waals surface area contributed by atoms with Crippen molar-refractivity contribution in [3.05, 3.63) is 83.3 Å². The molecule has 0 fully saturated rings. The fraction of sp³-hybridized carbons (Fsp3) is 0.276. The Kier molecular flexibility index (Phi) is 9.41. The number of hydrogen-bond donors (Lipinski definition) is 3. The number of amidine groups is 1. The van der Waals surface area contributed by atoms with Crippen LogP contribution in [-0.4, -0.2) is 42.2 Å². The maximum Gasteiger partial charge on any atom is 0.148 e. The van der Waals surface area contributed by atoms with Crippen molar-refractivity contribution in [2.45, 2.75) is 25.9 Å². The summed E-state index contributed by atoms with van der Waals surface area (Å²) in [7, 11) is 4.00. The Hall–Kier alpha value is -3.10. The predicted octanol–water partition coefficient (Wildman–Crippen LogP) is 6.49. The first-order valence-electron chi connectivity index (χ1n) is 12.6. The Morgan fingerprint density at radius 1 is 0.811 bits per heavy atom. The van der Waals surface area contributed by atoms with Gasteiger partial charge in [0.25, 0.3) is 0 Å². The van der Waals surface area contributed by atoms with Gasteiger partial charge in [-0.15, -0.1) is 23.7 Å². The zero-order chi connectivity index (χ0) is 24.7. The lowest BCUT2D eigenvalue weighted by atomic mass is 10.2. The maximum absolute atomic E-state index is 5.09. The van der Waals surface area contributed by atoms with E-state index >= 15 is 0 Å². The third kappa shape index (κ3) is 6.43. The number of thiophene rings is 1. The van der Waals surface area contributed by atoms with E-state index in [1.54, 1.807) is 11.3 Å². The smallest absolute Gasteiger partial charge is 0.148 e. The Labute approximate surface area is 228 Å². The van der Waals surface area contributed by atoms with Gasteiger partial charge in [-0.3, -0.25) is 0 Å². The number of rotatable bonds is 11. The van der Waals surface area contributed by atoms with E-state index in [9.17, 15) is 0 Å². The van der Waals surface area contributed by atoms with E-state index in [1.807, 2.05) is 14.1 Å². The van der Waals surface area contributed by atoms with Gasteiger partial charge in [-0.05, 0) is 98.6 Å². The minimum atomic E-state index is 0. The van der Waals surface area contributed by atoms with Gasteiger partial charge in [-0.25, -0.2) is 4.99 Å².